The summed E-state index contributed by atoms with van der Waals surface area (Å²) < 4.78 is 63.9. The fraction of sp³-hybridized carbons (Fsp3) is 0.556. The third-order valence-electron chi connectivity index (χ3n) is 13.4. The highest BCUT2D eigenvalue weighted by molar-refractivity contribution is 7.91. The van der Waals surface area contributed by atoms with Crippen molar-refractivity contribution < 1.29 is 41.1 Å². The van der Waals surface area contributed by atoms with Crippen LogP contribution in [0.1, 0.15) is 94.6 Å². The predicted octanol–water partition coefficient (Wildman–Crippen LogP) is 5.40. The highest BCUT2D eigenvalue weighted by Crippen LogP contribution is 2.46. The van der Waals surface area contributed by atoms with Crippen LogP contribution in [0.5, 0.6) is 5.75 Å². The molecule has 5 heterocycles. The van der Waals surface area contributed by atoms with E-state index in [0.717, 1.165) is 53.5 Å². The number of alkyl halides is 2. The Morgan fingerprint density at radius 1 is 1.00 bits per heavy atom. The number of rotatable bonds is 8. The molecule has 324 valence electrons. The number of hydrogen-bond acceptors (Lipinski definition) is 9. The van der Waals surface area contributed by atoms with E-state index in [1.165, 1.54) is 10.5 Å². The van der Waals surface area contributed by atoms with Crippen LogP contribution in [0.25, 0.3) is 22.3 Å². The third-order valence-corrected chi connectivity index (χ3v) is 15.2. The van der Waals surface area contributed by atoms with Crippen molar-refractivity contribution in [3.63, 3.8) is 0 Å². The van der Waals surface area contributed by atoms with Crippen LogP contribution >= 0.6 is 0 Å². The Hall–Kier alpha value is -4.99. The zero-order valence-electron chi connectivity index (χ0n) is 34.1. The third kappa shape index (κ3) is 8.61. The molecule has 3 aliphatic carbocycles. The first-order chi connectivity index (χ1) is 29.3. The predicted molar refractivity (Wildman–Crippen MR) is 222 cm³/mol. The normalized spacial score (nSPS) is 28.4. The first kappa shape index (κ1) is 41.4. The lowest BCUT2D eigenvalue weighted by atomic mass is 9.94. The molecule has 2 aromatic heterocycles. The van der Waals surface area contributed by atoms with Crippen LogP contribution in [0.3, 0.4) is 0 Å². The summed E-state index contributed by atoms with van der Waals surface area (Å²) in [4.78, 5) is 69.3. The van der Waals surface area contributed by atoms with Gasteiger partial charge in [-0.1, -0.05) is 37.1 Å². The molecule has 16 heteroatoms. The number of nitrogens with one attached hydrogen (secondary N) is 2. The van der Waals surface area contributed by atoms with Gasteiger partial charge in [0.2, 0.25) is 27.7 Å². The van der Waals surface area contributed by atoms with Crippen molar-refractivity contribution in [2.75, 3.05) is 19.6 Å². The van der Waals surface area contributed by atoms with Crippen molar-refractivity contribution in [2.24, 2.45) is 11.8 Å². The molecular weight excluding hydrogens is 807 g/mol. The minimum atomic E-state index is -3.93. The summed E-state index contributed by atoms with van der Waals surface area (Å²) in [5.74, 6) is -6.31. The lowest BCUT2D eigenvalue weighted by Gasteiger charge is -2.34. The average Bonchev–Trinajstić information content (AvgIpc) is 4.12. The summed E-state index contributed by atoms with van der Waals surface area (Å²) in [5, 5.41) is 3.03. The van der Waals surface area contributed by atoms with Gasteiger partial charge >= 0.3 is 0 Å². The van der Waals surface area contributed by atoms with Gasteiger partial charge in [0.15, 0.2) is 0 Å². The van der Waals surface area contributed by atoms with Gasteiger partial charge in [0.25, 0.3) is 11.8 Å². The van der Waals surface area contributed by atoms with Crippen molar-refractivity contribution >= 4 is 44.6 Å². The van der Waals surface area contributed by atoms with Crippen LogP contribution in [0.15, 0.2) is 54.7 Å². The van der Waals surface area contributed by atoms with Gasteiger partial charge in [0, 0.05) is 55.3 Å². The number of aromatic nitrogens is 2. The molecule has 2 saturated heterocycles. The van der Waals surface area contributed by atoms with Crippen LogP contribution in [0.4, 0.5) is 8.78 Å². The molecule has 5 atom stereocenters. The topological polar surface area (TPSA) is 168 Å². The number of nitrogens with zero attached hydrogens (tertiary/aromatic N) is 4. The fourth-order valence-corrected chi connectivity index (χ4v) is 11.1. The van der Waals surface area contributed by atoms with Gasteiger partial charge in [0.05, 0.1) is 35.2 Å². The Morgan fingerprint density at radius 3 is 2.64 bits per heavy atom. The van der Waals surface area contributed by atoms with Gasteiger partial charge in [-0.25, -0.2) is 22.2 Å². The van der Waals surface area contributed by atoms with Gasteiger partial charge in [-0.2, -0.15) is 0 Å². The number of halogens is 2. The molecule has 1 aromatic carbocycles. The molecule has 2 N–H and O–H groups in total. The van der Waals surface area contributed by atoms with Gasteiger partial charge in [-0.05, 0) is 93.5 Å². The largest absolute Gasteiger partial charge is 0.488 e. The number of pyridine rings is 2. The highest BCUT2D eigenvalue weighted by Gasteiger charge is 2.62. The van der Waals surface area contributed by atoms with Crippen LogP contribution < -0.4 is 14.8 Å². The van der Waals surface area contributed by atoms with E-state index in [-0.39, 0.29) is 45.2 Å². The summed E-state index contributed by atoms with van der Waals surface area (Å²) in [6.07, 6.45) is 11.3. The van der Waals surface area contributed by atoms with E-state index in [9.17, 15) is 36.4 Å². The molecular formula is C45H52F2N6O7S. The van der Waals surface area contributed by atoms with E-state index in [1.807, 2.05) is 42.5 Å². The molecule has 13 nitrogen and oxygen atoms in total. The van der Waals surface area contributed by atoms with Gasteiger partial charge in [-0.3, -0.25) is 28.9 Å². The van der Waals surface area contributed by atoms with Gasteiger partial charge < -0.3 is 19.9 Å². The Bertz CT molecular complexity index is 2380. The molecule has 4 fully saturated rings. The Kier molecular flexibility index (Phi) is 11.1. The number of allylic oxidation sites excluding steroid dienone is 1. The van der Waals surface area contributed by atoms with E-state index in [2.05, 4.69) is 21.1 Å². The number of fused-ring (bicyclic) bond motifs is 5. The van der Waals surface area contributed by atoms with Crippen LogP contribution in [0, 0.1) is 11.8 Å². The summed E-state index contributed by atoms with van der Waals surface area (Å²) in [6, 6.07) is 10.3. The molecule has 1 unspecified atom stereocenters. The molecule has 61 heavy (non-hydrogen) atoms. The number of hydrogen-bond donors (Lipinski definition) is 2. The standard InChI is InChI=1S/C45H52F2N6O7S/c46-44(47)19-9-21-52(27-44)39(54)22-29-10-4-2-1-3-5-12-30-25-45(30,43(57)51-61(58,59)32-16-17-32)50-41(55)37-23-31(26-53(37)42(29)56)60-38-24-36(35-14-6-7-20-48-35)49-40-33-13-8-11-28(33)15-18-34(38)40/h5-7,12,14-15,18,20,24,29-32,37H,1-4,8-11,13,16-17,19,21-23,25-27H2,(H,50,55)(H,51,57)/b12-5-/t29-,30-,31-,37+,45?/m1/s1. The number of sulfonamides is 1. The summed E-state index contributed by atoms with van der Waals surface area (Å²) >= 11 is 0. The Morgan fingerprint density at radius 2 is 1.85 bits per heavy atom. The molecule has 3 aliphatic heterocycles. The molecule has 3 aromatic rings. The Balaban J connectivity index is 1.05. The zero-order valence-corrected chi connectivity index (χ0v) is 34.9. The number of likely N-dealkylation sites (tertiary alicyclic amines) is 1. The second kappa shape index (κ2) is 16.4. The molecule has 0 bridgehead atoms. The molecule has 6 aliphatic rings. The van der Waals surface area contributed by atoms with E-state index in [4.69, 9.17) is 9.72 Å². The van der Waals surface area contributed by atoms with Crippen molar-refractivity contribution in [1.82, 2.24) is 29.8 Å². The van der Waals surface area contributed by atoms with E-state index < -0.39 is 80.9 Å². The smallest absolute Gasteiger partial charge is 0.265 e. The minimum absolute atomic E-state index is 0.0306. The molecule has 9 rings (SSSR count). The number of benzene rings is 1. The maximum atomic E-state index is 14.9. The van der Waals surface area contributed by atoms with Crippen molar-refractivity contribution in [1.29, 1.82) is 0 Å². The van der Waals surface area contributed by atoms with Crippen LogP contribution in [-0.2, 0) is 42.0 Å². The molecule has 0 radical (unpaired) electrons. The highest BCUT2D eigenvalue weighted by atomic mass is 32.2. The number of carbonyl (C=O) groups is 4. The van der Waals surface area contributed by atoms with Gasteiger partial charge in [0.1, 0.15) is 23.4 Å². The maximum Gasteiger partial charge on any atom is 0.265 e. The number of amides is 4. The van der Waals surface area contributed by atoms with Crippen LogP contribution in [-0.4, -0.2) is 100 Å². The molecule has 2 saturated carbocycles. The lowest BCUT2D eigenvalue weighted by molar-refractivity contribution is -0.148. The molecule has 0 spiro atoms. The van der Waals surface area contributed by atoms with Crippen LogP contribution in [0.2, 0.25) is 0 Å². The number of ether oxygens (including phenoxy) is 1. The summed E-state index contributed by atoms with van der Waals surface area (Å²) in [5.41, 5.74) is 2.89. The molecule has 4 amide bonds. The Labute approximate surface area is 354 Å². The van der Waals surface area contributed by atoms with E-state index in [1.54, 1.807) is 6.20 Å². The lowest BCUT2D eigenvalue weighted by Crippen LogP contribution is -2.57. The second-order valence-electron chi connectivity index (χ2n) is 17.8. The monoisotopic (exact) mass is 858 g/mol. The van der Waals surface area contributed by atoms with Crippen molar-refractivity contribution in [3.05, 3.63) is 65.9 Å². The zero-order chi connectivity index (χ0) is 42.5. The number of aryl methyl sites for hydroxylation is 2. The minimum Gasteiger partial charge on any atom is -0.488 e. The van der Waals surface area contributed by atoms with Crippen molar-refractivity contribution in [2.45, 2.75) is 125 Å². The fourth-order valence-electron chi connectivity index (χ4n) is 9.75. The average molecular weight is 859 g/mol. The van der Waals surface area contributed by atoms with Crippen molar-refractivity contribution in [3.8, 4) is 17.1 Å². The second-order valence-corrected chi connectivity index (χ2v) is 19.8. The quantitative estimate of drug-likeness (QED) is 0.282. The van der Waals surface area contributed by atoms with E-state index >= 15 is 0 Å². The van der Waals surface area contributed by atoms with Gasteiger partial charge in [-0.15, -0.1) is 0 Å². The number of piperidine rings is 1. The first-order valence-electron chi connectivity index (χ1n) is 21.8. The maximum absolute atomic E-state index is 14.9. The van der Waals surface area contributed by atoms with E-state index in [0.29, 0.717) is 49.2 Å². The summed E-state index contributed by atoms with van der Waals surface area (Å²) in [6.45, 7) is -0.553. The number of carbonyl (C=O) groups excluding carboxylic acids is 4. The summed E-state index contributed by atoms with van der Waals surface area (Å²) in [7, 11) is -3.93. The SMILES string of the molecule is O=C1NC2(C(=O)NS(=O)(=O)C3CC3)C[C@H]2/C=C\CCCCC[C@H](CC(=O)N2CCCC(F)(F)C2)C(=O)N2C[C@H](Oc3cc(-c4ccccn4)nc4c5c(ccc34)CCC5)C[C@@H]12. The first-order valence-corrected chi connectivity index (χ1v) is 23.4.